The van der Waals surface area contributed by atoms with Gasteiger partial charge < -0.3 is 0 Å². The second kappa shape index (κ2) is 11.4. The number of ketones is 1. The highest BCUT2D eigenvalue weighted by atomic mass is 32.1. The molecule has 1 heterocycles. The molecule has 0 spiro atoms. The number of thiophene rings is 1. The van der Waals surface area contributed by atoms with Gasteiger partial charge in [0.15, 0.2) is 11.6 Å². The van der Waals surface area contributed by atoms with Crippen molar-refractivity contribution < 1.29 is 9.59 Å². The number of rotatable bonds is 8. The first kappa shape index (κ1) is 23.4. The largest absolute Gasteiger partial charge is 0.300 e. The lowest BCUT2D eigenvalue weighted by molar-refractivity contribution is 0.0943. The quantitative estimate of drug-likeness (QED) is 0.225. The van der Waals surface area contributed by atoms with Crippen LogP contribution in [-0.4, -0.2) is 35.5 Å². The summed E-state index contributed by atoms with van der Waals surface area (Å²) in [5, 5.41) is 1.93. The number of carbonyl (C=O) groups excluding carboxylic acids is 2. The van der Waals surface area contributed by atoms with Crippen molar-refractivity contribution >= 4 is 34.6 Å². The second-order valence-electron chi connectivity index (χ2n) is 7.25. The summed E-state index contributed by atoms with van der Waals surface area (Å²) >= 11 is 1.49. The van der Waals surface area contributed by atoms with E-state index in [1.165, 1.54) is 23.8 Å². The summed E-state index contributed by atoms with van der Waals surface area (Å²) in [5.74, 6) is 0.146. The summed E-state index contributed by atoms with van der Waals surface area (Å²) < 4.78 is 0. The molecule has 0 aliphatic rings. The molecule has 1 amide bonds. The molecule has 166 valence electrons. The highest BCUT2D eigenvalue weighted by Crippen LogP contribution is 2.21. The highest BCUT2D eigenvalue weighted by molar-refractivity contribution is 7.12. The summed E-state index contributed by atoms with van der Waals surface area (Å²) in [5.41, 5.74) is 8.46. The maximum Gasteiger partial charge on any atom is 0.269 e. The molecule has 2 aromatic carbocycles. The van der Waals surface area contributed by atoms with E-state index in [4.69, 9.17) is 0 Å². The number of hydrazine groups is 1. The van der Waals surface area contributed by atoms with Gasteiger partial charge in [0, 0.05) is 17.7 Å². The Morgan fingerprint density at radius 1 is 0.938 bits per heavy atom. The number of Topliss-reactive ketones (excluding diaryl/α,β-unsaturated/α-hetero) is 1. The monoisotopic (exact) mass is 448 g/mol. The third-order valence-electron chi connectivity index (χ3n) is 5.08. The minimum atomic E-state index is -0.261. The number of hydrogen-bond donors (Lipinski definition) is 2. The summed E-state index contributed by atoms with van der Waals surface area (Å²) in [6.45, 7) is 8.62. The third kappa shape index (κ3) is 6.12. The van der Waals surface area contributed by atoms with Gasteiger partial charge >= 0.3 is 0 Å². The first-order chi connectivity index (χ1) is 15.5. The number of para-hydroxylation sites is 1. The van der Waals surface area contributed by atoms with Crippen molar-refractivity contribution in [2.75, 3.05) is 13.1 Å². The molecule has 0 fully saturated rings. The van der Waals surface area contributed by atoms with Crippen LogP contribution in [0.1, 0.15) is 51.9 Å². The summed E-state index contributed by atoms with van der Waals surface area (Å²) in [6, 6.07) is 18.6. The van der Waals surface area contributed by atoms with Crippen molar-refractivity contribution in [2.24, 2.45) is 4.99 Å². The number of amides is 1. The van der Waals surface area contributed by atoms with Gasteiger partial charge in [-0.1, -0.05) is 44.2 Å². The van der Waals surface area contributed by atoms with E-state index in [0.717, 1.165) is 24.5 Å². The zero-order valence-corrected chi connectivity index (χ0v) is 19.4. The Kier molecular flexibility index (Phi) is 8.30. The van der Waals surface area contributed by atoms with Crippen LogP contribution in [0.5, 0.6) is 0 Å². The zero-order valence-electron chi connectivity index (χ0n) is 18.6. The molecule has 32 heavy (non-hydrogen) atoms. The van der Waals surface area contributed by atoms with Crippen molar-refractivity contribution in [2.45, 2.75) is 27.3 Å². The van der Waals surface area contributed by atoms with Gasteiger partial charge in [-0.15, -0.1) is 11.3 Å². The van der Waals surface area contributed by atoms with Gasteiger partial charge in [0.05, 0.1) is 10.6 Å². The molecule has 0 bridgehead atoms. The number of hydrogen-bond acceptors (Lipinski definition) is 5. The molecule has 3 rings (SSSR count). The fourth-order valence-corrected chi connectivity index (χ4v) is 3.87. The van der Waals surface area contributed by atoms with E-state index in [2.05, 4.69) is 34.6 Å². The van der Waals surface area contributed by atoms with E-state index >= 15 is 0 Å². The van der Waals surface area contributed by atoms with E-state index in [0.29, 0.717) is 22.6 Å². The smallest absolute Gasteiger partial charge is 0.269 e. The molecule has 0 atom stereocenters. The van der Waals surface area contributed by atoms with E-state index in [1.54, 1.807) is 18.2 Å². The Balaban J connectivity index is 1.75. The molecule has 7 heteroatoms. The predicted molar refractivity (Wildman–Crippen MR) is 131 cm³/mol. The second-order valence-corrected chi connectivity index (χ2v) is 8.20. The topological polar surface area (TPSA) is 73.8 Å². The van der Waals surface area contributed by atoms with Crippen molar-refractivity contribution in [3.63, 3.8) is 0 Å². The van der Waals surface area contributed by atoms with Crippen molar-refractivity contribution in [1.29, 1.82) is 0 Å². The molecule has 3 aromatic rings. The fraction of sp³-hybridized carbons (Fsp3) is 0.240. The lowest BCUT2D eigenvalue weighted by atomic mass is 10.1. The third-order valence-corrected chi connectivity index (χ3v) is 5.96. The minimum Gasteiger partial charge on any atom is -0.300 e. The first-order valence-corrected chi connectivity index (χ1v) is 11.5. The predicted octanol–water partition coefficient (Wildman–Crippen LogP) is 4.81. The van der Waals surface area contributed by atoms with Crippen molar-refractivity contribution in [3.8, 4) is 0 Å². The van der Waals surface area contributed by atoms with Gasteiger partial charge in [-0.2, -0.15) is 0 Å². The normalized spacial score (nSPS) is 11.4. The lowest BCUT2D eigenvalue weighted by Crippen LogP contribution is -2.41. The van der Waals surface area contributed by atoms with Crippen molar-refractivity contribution in [3.05, 3.63) is 87.6 Å². The average molecular weight is 449 g/mol. The molecule has 0 unspecified atom stereocenters. The number of benzene rings is 2. The van der Waals surface area contributed by atoms with Crippen LogP contribution in [0, 0.1) is 0 Å². The molecule has 2 N–H and O–H groups in total. The van der Waals surface area contributed by atoms with Gasteiger partial charge in [-0.05, 0) is 61.3 Å². The van der Waals surface area contributed by atoms with Crippen LogP contribution in [0.25, 0.3) is 0 Å². The number of aliphatic imine (C=N–C) groups is 1. The molecule has 0 aliphatic carbocycles. The summed E-state index contributed by atoms with van der Waals surface area (Å²) in [4.78, 5) is 32.5. The summed E-state index contributed by atoms with van der Waals surface area (Å²) in [6.07, 6.45) is 0. The van der Waals surface area contributed by atoms with Crippen LogP contribution in [0.3, 0.4) is 0 Å². The Labute approximate surface area is 193 Å². The molecule has 1 aromatic heterocycles. The highest BCUT2D eigenvalue weighted by Gasteiger charge is 2.12. The number of nitrogens with zero attached hydrogens (tertiary/aromatic N) is 2. The Hall–Kier alpha value is -3.29. The van der Waals surface area contributed by atoms with Gasteiger partial charge in [0.2, 0.25) is 0 Å². The van der Waals surface area contributed by atoms with Crippen LogP contribution in [0.2, 0.25) is 0 Å². The van der Waals surface area contributed by atoms with Crippen LogP contribution in [-0.2, 0) is 6.54 Å². The fourth-order valence-electron chi connectivity index (χ4n) is 3.20. The molecular weight excluding hydrogens is 420 g/mol. The lowest BCUT2D eigenvalue weighted by Gasteiger charge is -2.18. The van der Waals surface area contributed by atoms with E-state index in [9.17, 15) is 9.59 Å². The van der Waals surface area contributed by atoms with Crippen LogP contribution >= 0.6 is 11.3 Å². The molecular formula is C25H28N4O2S. The Morgan fingerprint density at radius 3 is 2.28 bits per heavy atom. The maximum atomic E-state index is 12.7. The number of amidine groups is 1. The van der Waals surface area contributed by atoms with Crippen LogP contribution in [0.15, 0.2) is 71.0 Å². The van der Waals surface area contributed by atoms with Gasteiger partial charge in [0.1, 0.15) is 0 Å². The SMILES string of the molecule is CCN(CC)Cc1ccc(C(=O)NNC(=Nc2ccccc2C(C)=O)c2cccs2)cc1. The molecule has 0 radical (unpaired) electrons. The van der Waals surface area contributed by atoms with Gasteiger partial charge in [0.25, 0.3) is 5.91 Å². The van der Waals surface area contributed by atoms with Crippen LogP contribution < -0.4 is 10.9 Å². The number of carbonyl (C=O) groups is 2. The standard InChI is InChI=1S/C25H28N4O2S/c1-4-29(5-2)17-19-12-14-20(15-13-19)25(31)28-27-24(23-11-8-16-32-23)26-22-10-7-6-9-21(22)18(3)30/h6-16H,4-5,17H2,1-3H3,(H,26,27)(H,28,31). The average Bonchev–Trinajstić information content (AvgIpc) is 3.35. The van der Waals surface area contributed by atoms with E-state index < -0.39 is 0 Å². The van der Waals surface area contributed by atoms with E-state index in [-0.39, 0.29) is 11.7 Å². The molecule has 6 nitrogen and oxygen atoms in total. The molecule has 0 saturated heterocycles. The molecule has 0 aliphatic heterocycles. The maximum absolute atomic E-state index is 12.7. The van der Waals surface area contributed by atoms with Gasteiger partial charge in [-0.3, -0.25) is 25.3 Å². The van der Waals surface area contributed by atoms with E-state index in [1.807, 2.05) is 47.8 Å². The Bertz CT molecular complexity index is 1070. The first-order valence-electron chi connectivity index (χ1n) is 10.6. The van der Waals surface area contributed by atoms with Gasteiger partial charge in [-0.25, -0.2) is 4.99 Å². The Morgan fingerprint density at radius 2 is 1.66 bits per heavy atom. The van der Waals surface area contributed by atoms with Crippen molar-refractivity contribution in [1.82, 2.24) is 15.8 Å². The minimum absolute atomic E-state index is 0.0660. The zero-order chi connectivity index (χ0) is 22.9. The van der Waals surface area contributed by atoms with Crippen LogP contribution in [0.4, 0.5) is 5.69 Å². The summed E-state index contributed by atoms with van der Waals surface area (Å²) in [7, 11) is 0. The number of nitrogens with one attached hydrogen (secondary N) is 2. The molecule has 0 saturated carbocycles.